The van der Waals surface area contributed by atoms with E-state index >= 15 is 0 Å². The summed E-state index contributed by atoms with van der Waals surface area (Å²) in [6.07, 6.45) is 5.01. The van der Waals surface area contributed by atoms with Crippen molar-refractivity contribution >= 4 is 5.97 Å². The maximum absolute atomic E-state index is 11.5. The van der Waals surface area contributed by atoms with Crippen molar-refractivity contribution in [2.24, 2.45) is 0 Å². The zero-order valence-electron chi connectivity index (χ0n) is 11.4. The van der Waals surface area contributed by atoms with Crippen LogP contribution in [0.15, 0.2) is 0 Å². The second kappa shape index (κ2) is 5.36. The molecule has 1 rings (SSSR count). The van der Waals surface area contributed by atoms with Crippen LogP contribution in [-0.4, -0.2) is 35.4 Å². The van der Waals surface area contributed by atoms with Crippen LogP contribution in [0.4, 0.5) is 0 Å². The van der Waals surface area contributed by atoms with Crippen LogP contribution >= 0.6 is 0 Å². The molecule has 0 bridgehead atoms. The first-order valence-corrected chi connectivity index (χ1v) is 6.35. The summed E-state index contributed by atoms with van der Waals surface area (Å²) in [6, 6.07) is 0.337. The molecule has 0 saturated heterocycles. The molecule has 0 aliphatic heterocycles. The Bertz CT molecular complexity index is 272. The van der Waals surface area contributed by atoms with E-state index in [1.807, 2.05) is 13.8 Å². The fourth-order valence-electron chi connectivity index (χ4n) is 2.63. The number of hydrogen-bond acceptors (Lipinski definition) is 3. The molecule has 4 nitrogen and oxygen atoms in total. The van der Waals surface area contributed by atoms with Crippen LogP contribution in [0, 0.1) is 0 Å². The lowest BCUT2D eigenvalue weighted by Crippen LogP contribution is -2.56. The number of ether oxygens (including phenoxy) is 1. The Morgan fingerprint density at radius 2 is 1.88 bits per heavy atom. The number of carbonyl (C=O) groups is 1. The maximum atomic E-state index is 11.5. The van der Waals surface area contributed by atoms with Gasteiger partial charge in [0.15, 0.2) is 0 Å². The number of rotatable bonds is 6. The Morgan fingerprint density at radius 3 is 2.29 bits per heavy atom. The third-order valence-corrected chi connectivity index (χ3v) is 3.68. The Balaban J connectivity index is 2.70. The number of hydrogen-bond donors (Lipinski definition) is 2. The van der Waals surface area contributed by atoms with Crippen molar-refractivity contribution < 1.29 is 14.6 Å². The SMILES string of the molecule is COC(C)(C)CC(C)(NC1CCCC1)C(=O)O. The lowest BCUT2D eigenvalue weighted by Gasteiger charge is -2.36. The molecule has 1 fully saturated rings. The minimum Gasteiger partial charge on any atom is -0.480 e. The lowest BCUT2D eigenvalue weighted by molar-refractivity contribution is -0.147. The van der Waals surface area contributed by atoms with Gasteiger partial charge in [-0.3, -0.25) is 10.1 Å². The molecule has 1 saturated carbocycles. The molecule has 0 aromatic rings. The van der Waals surface area contributed by atoms with Gasteiger partial charge in [0, 0.05) is 19.6 Å². The van der Waals surface area contributed by atoms with E-state index in [4.69, 9.17) is 4.74 Å². The minimum absolute atomic E-state index is 0.337. The largest absolute Gasteiger partial charge is 0.480 e. The summed E-state index contributed by atoms with van der Waals surface area (Å²) in [6.45, 7) is 5.60. The molecule has 0 aromatic carbocycles. The van der Waals surface area contributed by atoms with Gasteiger partial charge in [-0.25, -0.2) is 0 Å². The normalized spacial score (nSPS) is 21.4. The topological polar surface area (TPSA) is 58.6 Å². The van der Waals surface area contributed by atoms with Crippen LogP contribution in [0.1, 0.15) is 52.9 Å². The van der Waals surface area contributed by atoms with Crippen LogP contribution in [0.25, 0.3) is 0 Å². The molecule has 100 valence electrons. The average molecular weight is 243 g/mol. The Morgan fingerprint density at radius 1 is 1.35 bits per heavy atom. The maximum Gasteiger partial charge on any atom is 0.323 e. The highest BCUT2D eigenvalue weighted by Crippen LogP contribution is 2.27. The van der Waals surface area contributed by atoms with Crippen LogP contribution in [0.2, 0.25) is 0 Å². The Labute approximate surface area is 104 Å². The van der Waals surface area contributed by atoms with E-state index in [0.29, 0.717) is 12.5 Å². The van der Waals surface area contributed by atoms with E-state index in [1.165, 1.54) is 12.8 Å². The highest BCUT2D eigenvalue weighted by Gasteiger charge is 2.40. The quantitative estimate of drug-likeness (QED) is 0.750. The molecule has 1 unspecified atom stereocenters. The van der Waals surface area contributed by atoms with Gasteiger partial charge in [0.2, 0.25) is 0 Å². The van der Waals surface area contributed by atoms with Crippen molar-refractivity contribution in [3.05, 3.63) is 0 Å². The van der Waals surface area contributed by atoms with E-state index in [0.717, 1.165) is 12.8 Å². The second-order valence-corrected chi connectivity index (χ2v) is 5.90. The van der Waals surface area contributed by atoms with Crippen LogP contribution in [0.3, 0.4) is 0 Å². The van der Waals surface area contributed by atoms with Gasteiger partial charge in [0.1, 0.15) is 5.54 Å². The van der Waals surface area contributed by atoms with Crippen molar-refractivity contribution in [1.82, 2.24) is 5.32 Å². The van der Waals surface area contributed by atoms with E-state index in [-0.39, 0.29) is 0 Å². The predicted octanol–water partition coefficient (Wildman–Crippen LogP) is 2.18. The molecule has 17 heavy (non-hydrogen) atoms. The van der Waals surface area contributed by atoms with Gasteiger partial charge >= 0.3 is 5.97 Å². The molecule has 0 radical (unpaired) electrons. The third-order valence-electron chi connectivity index (χ3n) is 3.68. The number of nitrogens with one attached hydrogen (secondary N) is 1. The van der Waals surface area contributed by atoms with Gasteiger partial charge in [-0.2, -0.15) is 0 Å². The molecule has 0 amide bonds. The number of methoxy groups -OCH3 is 1. The standard InChI is InChI=1S/C13H25NO3/c1-12(2,17-4)9-13(3,11(15)16)14-10-7-5-6-8-10/h10,14H,5-9H2,1-4H3,(H,15,16). The summed E-state index contributed by atoms with van der Waals surface area (Å²) in [4.78, 5) is 11.5. The smallest absolute Gasteiger partial charge is 0.323 e. The van der Waals surface area contributed by atoms with Gasteiger partial charge in [0.05, 0.1) is 5.60 Å². The van der Waals surface area contributed by atoms with Gasteiger partial charge < -0.3 is 9.84 Å². The van der Waals surface area contributed by atoms with Gasteiger partial charge in [0.25, 0.3) is 0 Å². The highest BCUT2D eigenvalue weighted by atomic mass is 16.5. The zero-order valence-corrected chi connectivity index (χ0v) is 11.4. The predicted molar refractivity (Wildman–Crippen MR) is 67.1 cm³/mol. The van der Waals surface area contributed by atoms with Crippen molar-refractivity contribution in [1.29, 1.82) is 0 Å². The summed E-state index contributed by atoms with van der Waals surface area (Å²) in [5.74, 6) is -0.797. The number of carboxylic acid groups (broad SMARTS) is 1. The van der Waals surface area contributed by atoms with Gasteiger partial charge in [-0.1, -0.05) is 12.8 Å². The van der Waals surface area contributed by atoms with Gasteiger partial charge in [-0.05, 0) is 33.6 Å². The molecule has 0 aromatic heterocycles. The molecular weight excluding hydrogens is 218 g/mol. The molecule has 1 aliphatic rings. The first-order valence-electron chi connectivity index (χ1n) is 6.35. The third kappa shape index (κ3) is 3.96. The molecular formula is C13H25NO3. The summed E-state index contributed by atoms with van der Waals surface area (Å²) in [7, 11) is 1.62. The van der Waals surface area contributed by atoms with Gasteiger partial charge in [-0.15, -0.1) is 0 Å². The number of carboxylic acids is 1. The zero-order chi connectivity index (χ0) is 13.1. The first-order chi connectivity index (χ1) is 7.79. The fraction of sp³-hybridized carbons (Fsp3) is 0.923. The van der Waals surface area contributed by atoms with Crippen LogP contribution < -0.4 is 5.32 Å². The van der Waals surface area contributed by atoms with E-state index in [2.05, 4.69) is 5.32 Å². The monoisotopic (exact) mass is 243 g/mol. The Kier molecular flexibility index (Phi) is 4.55. The fourth-order valence-corrected chi connectivity index (χ4v) is 2.63. The molecule has 0 spiro atoms. The lowest BCUT2D eigenvalue weighted by atomic mass is 9.87. The molecule has 1 atom stereocenters. The van der Waals surface area contributed by atoms with Crippen molar-refractivity contribution in [3.8, 4) is 0 Å². The summed E-state index contributed by atoms with van der Waals surface area (Å²) in [5.41, 5.74) is -1.34. The summed E-state index contributed by atoms with van der Waals surface area (Å²) < 4.78 is 5.34. The molecule has 0 heterocycles. The summed E-state index contributed by atoms with van der Waals surface area (Å²) >= 11 is 0. The van der Waals surface area contributed by atoms with E-state index in [9.17, 15) is 9.90 Å². The van der Waals surface area contributed by atoms with Crippen molar-refractivity contribution in [2.75, 3.05) is 7.11 Å². The van der Waals surface area contributed by atoms with Crippen LogP contribution in [0.5, 0.6) is 0 Å². The van der Waals surface area contributed by atoms with E-state index in [1.54, 1.807) is 14.0 Å². The minimum atomic E-state index is -0.908. The second-order valence-electron chi connectivity index (χ2n) is 5.90. The highest BCUT2D eigenvalue weighted by molar-refractivity contribution is 5.78. The van der Waals surface area contributed by atoms with Crippen molar-refractivity contribution in [3.63, 3.8) is 0 Å². The van der Waals surface area contributed by atoms with Crippen molar-refractivity contribution in [2.45, 2.75) is 70.1 Å². The van der Waals surface area contributed by atoms with Crippen LogP contribution in [-0.2, 0) is 9.53 Å². The molecule has 1 aliphatic carbocycles. The average Bonchev–Trinajstić information content (AvgIpc) is 2.69. The Hall–Kier alpha value is -0.610. The molecule has 4 heteroatoms. The van der Waals surface area contributed by atoms with E-state index < -0.39 is 17.1 Å². The number of aliphatic carboxylic acids is 1. The summed E-state index contributed by atoms with van der Waals surface area (Å²) in [5, 5.41) is 12.7. The first kappa shape index (κ1) is 14.5. The molecule has 2 N–H and O–H groups in total.